The van der Waals surface area contributed by atoms with Gasteiger partial charge in [0.05, 0.1) is 6.54 Å². The third kappa shape index (κ3) is 1.91. The minimum atomic E-state index is -0.316. The van der Waals surface area contributed by atoms with Crippen LogP contribution in [0.2, 0.25) is 0 Å². The maximum absolute atomic E-state index is 11.6. The lowest BCUT2D eigenvalue weighted by molar-refractivity contribution is -0.159. The van der Waals surface area contributed by atoms with Crippen molar-refractivity contribution in [2.24, 2.45) is 0 Å². The lowest BCUT2D eigenvalue weighted by Crippen LogP contribution is -2.45. The van der Waals surface area contributed by atoms with Crippen LogP contribution in [0.15, 0.2) is 18.2 Å². The van der Waals surface area contributed by atoms with Crippen molar-refractivity contribution in [2.75, 3.05) is 20.0 Å². The Morgan fingerprint density at radius 2 is 1.78 bits per heavy atom. The van der Waals surface area contributed by atoms with E-state index in [1.54, 1.807) is 12.1 Å². The summed E-state index contributed by atoms with van der Waals surface area (Å²) in [5.74, 6) is 0.687. The van der Waals surface area contributed by atoms with Gasteiger partial charge in [-0.15, -0.1) is 0 Å². The van der Waals surface area contributed by atoms with E-state index in [1.165, 1.54) is 4.90 Å². The average molecular weight is 249 g/mol. The molecule has 0 bridgehead atoms. The van der Waals surface area contributed by atoms with Crippen molar-refractivity contribution in [1.29, 1.82) is 0 Å². The van der Waals surface area contributed by atoms with Gasteiger partial charge >= 0.3 is 0 Å². The lowest BCUT2D eigenvalue weighted by Gasteiger charge is -2.24. The zero-order valence-electron chi connectivity index (χ0n) is 9.55. The first-order chi connectivity index (χ1) is 8.74. The molecule has 0 aliphatic carbocycles. The van der Waals surface area contributed by atoms with Gasteiger partial charge in [-0.1, -0.05) is 6.07 Å². The van der Waals surface area contributed by atoms with Crippen LogP contribution in [0, 0.1) is 0 Å². The molecule has 2 aliphatic rings. The number of amides is 2. The number of hydrogen-bond donors (Lipinski definition) is 0. The highest BCUT2D eigenvalue weighted by Crippen LogP contribution is 2.32. The summed E-state index contributed by atoms with van der Waals surface area (Å²) in [6, 6.07) is 5.36. The summed E-state index contributed by atoms with van der Waals surface area (Å²) in [6.45, 7) is 0.346. The molecule has 0 aromatic heterocycles. The molecule has 1 aromatic carbocycles. The van der Waals surface area contributed by atoms with Crippen LogP contribution < -0.4 is 9.47 Å². The third-order valence-electron chi connectivity index (χ3n) is 2.83. The largest absolute Gasteiger partial charge is 0.454 e. The lowest BCUT2D eigenvalue weighted by atomic mass is 10.2. The van der Waals surface area contributed by atoms with E-state index >= 15 is 0 Å². The zero-order chi connectivity index (χ0) is 12.5. The Kier molecular flexibility index (Phi) is 2.64. The van der Waals surface area contributed by atoms with E-state index in [1.807, 2.05) is 6.07 Å². The van der Waals surface area contributed by atoms with Gasteiger partial charge in [0.15, 0.2) is 11.5 Å². The van der Waals surface area contributed by atoms with Crippen molar-refractivity contribution in [3.63, 3.8) is 0 Å². The summed E-state index contributed by atoms with van der Waals surface area (Å²) < 4.78 is 15.3. The van der Waals surface area contributed by atoms with Crippen LogP contribution in [0.5, 0.6) is 11.5 Å². The Morgan fingerprint density at radius 1 is 1.06 bits per heavy atom. The van der Waals surface area contributed by atoms with Crippen LogP contribution in [0.1, 0.15) is 5.56 Å². The van der Waals surface area contributed by atoms with Crippen molar-refractivity contribution in [1.82, 2.24) is 4.90 Å². The van der Waals surface area contributed by atoms with Crippen molar-refractivity contribution in [2.45, 2.75) is 6.54 Å². The third-order valence-corrected chi connectivity index (χ3v) is 2.83. The fourth-order valence-electron chi connectivity index (χ4n) is 1.92. The highest BCUT2D eigenvalue weighted by molar-refractivity contribution is 5.98. The van der Waals surface area contributed by atoms with Crippen molar-refractivity contribution in [3.05, 3.63) is 23.8 Å². The topological polar surface area (TPSA) is 65.1 Å². The van der Waals surface area contributed by atoms with Gasteiger partial charge in [-0.05, 0) is 17.7 Å². The number of hydrogen-bond acceptors (Lipinski definition) is 5. The van der Waals surface area contributed by atoms with E-state index in [0.29, 0.717) is 11.5 Å². The molecule has 3 rings (SSSR count). The second-order valence-electron chi connectivity index (χ2n) is 4.05. The first kappa shape index (κ1) is 11.0. The molecule has 0 radical (unpaired) electrons. The number of ether oxygens (including phenoxy) is 3. The van der Waals surface area contributed by atoms with Crippen LogP contribution in [0.25, 0.3) is 0 Å². The van der Waals surface area contributed by atoms with E-state index in [9.17, 15) is 9.59 Å². The molecule has 2 amide bonds. The zero-order valence-corrected chi connectivity index (χ0v) is 9.55. The van der Waals surface area contributed by atoms with Gasteiger partial charge in [0.1, 0.15) is 13.2 Å². The van der Waals surface area contributed by atoms with Crippen LogP contribution in [0.4, 0.5) is 0 Å². The number of fused-ring (bicyclic) bond motifs is 1. The number of carbonyl (C=O) groups excluding carboxylic acids is 2. The first-order valence-electron chi connectivity index (χ1n) is 5.53. The molecular weight excluding hydrogens is 238 g/mol. The molecule has 0 spiro atoms. The Morgan fingerprint density at radius 3 is 2.56 bits per heavy atom. The highest BCUT2D eigenvalue weighted by Gasteiger charge is 2.27. The number of imide groups is 1. The number of benzene rings is 1. The Bertz CT molecular complexity index is 497. The van der Waals surface area contributed by atoms with Gasteiger partial charge in [-0.2, -0.15) is 0 Å². The first-order valence-corrected chi connectivity index (χ1v) is 5.53. The van der Waals surface area contributed by atoms with Crippen LogP contribution in [0.3, 0.4) is 0 Å². The summed E-state index contributed by atoms with van der Waals surface area (Å²) in [7, 11) is 0. The monoisotopic (exact) mass is 249 g/mol. The van der Waals surface area contributed by atoms with Gasteiger partial charge < -0.3 is 14.2 Å². The van der Waals surface area contributed by atoms with E-state index < -0.39 is 0 Å². The maximum Gasteiger partial charge on any atom is 0.255 e. The number of nitrogens with zero attached hydrogens (tertiary/aromatic N) is 1. The van der Waals surface area contributed by atoms with Gasteiger partial charge in [0.2, 0.25) is 6.79 Å². The SMILES string of the molecule is O=C1COCC(=O)N1Cc1ccc2c(c1)OCO2. The maximum atomic E-state index is 11.6. The molecule has 94 valence electrons. The van der Waals surface area contributed by atoms with Crippen LogP contribution >= 0.6 is 0 Å². The Labute approximate surface area is 103 Å². The fourth-order valence-corrected chi connectivity index (χ4v) is 1.92. The number of rotatable bonds is 2. The average Bonchev–Trinajstić information content (AvgIpc) is 2.81. The minimum Gasteiger partial charge on any atom is -0.454 e. The van der Waals surface area contributed by atoms with Crippen molar-refractivity contribution < 1.29 is 23.8 Å². The molecule has 1 saturated heterocycles. The van der Waals surface area contributed by atoms with Gasteiger partial charge in [0.25, 0.3) is 11.8 Å². The highest BCUT2D eigenvalue weighted by atomic mass is 16.7. The van der Waals surface area contributed by atoms with Crippen molar-refractivity contribution >= 4 is 11.8 Å². The minimum absolute atomic E-state index is 0.0453. The van der Waals surface area contributed by atoms with Crippen LogP contribution in [-0.2, 0) is 20.9 Å². The predicted octanol–water partition coefficient (Wildman–Crippen LogP) is 0.301. The van der Waals surface area contributed by atoms with E-state index in [4.69, 9.17) is 14.2 Å². The molecule has 2 aliphatic heterocycles. The number of carbonyl (C=O) groups is 2. The Hall–Kier alpha value is -2.08. The molecule has 0 unspecified atom stereocenters. The summed E-state index contributed by atoms with van der Waals surface area (Å²) in [4.78, 5) is 24.3. The second-order valence-corrected chi connectivity index (χ2v) is 4.05. The molecule has 6 heteroatoms. The van der Waals surface area contributed by atoms with Gasteiger partial charge in [-0.25, -0.2) is 0 Å². The molecule has 1 aromatic rings. The molecular formula is C12H11NO5. The molecule has 18 heavy (non-hydrogen) atoms. The molecule has 6 nitrogen and oxygen atoms in total. The number of morpholine rings is 1. The summed E-state index contributed by atoms with van der Waals surface area (Å²) >= 11 is 0. The molecule has 0 saturated carbocycles. The predicted molar refractivity (Wildman–Crippen MR) is 58.9 cm³/mol. The second kappa shape index (κ2) is 4.30. The Balaban J connectivity index is 1.79. The molecule has 2 heterocycles. The van der Waals surface area contributed by atoms with Gasteiger partial charge in [0, 0.05) is 0 Å². The smallest absolute Gasteiger partial charge is 0.255 e. The normalized spacial score (nSPS) is 18.3. The van der Waals surface area contributed by atoms with Gasteiger partial charge in [-0.3, -0.25) is 14.5 Å². The summed E-state index contributed by atoms with van der Waals surface area (Å²) in [5, 5.41) is 0. The summed E-state index contributed by atoms with van der Waals surface area (Å²) in [5.41, 5.74) is 0.822. The standard InChI is InChI=1S/C12H11NO5/c14-11-5-16-6-12(15)13(11)4-8-1-2-9-10(3-8)18-7-17-9/h1-3H,4-7H2. The quantitative estimate of drug-likeness (QED) is 0.705. The molecule has 0 atom stereocenters. The van der Waals surface area contributed by atoms with E-state index in [0.717, 1.165) is 5.56 Å². The van der Waals surface area contributed by atoms with E-state index in [2.05, 4.69) is 0 Å². The molecule has 1 fully saturated rings. The van der Waals surface area contributed by atoms with Crippen molar-refractivity contribution in [3.8, 4) is 11.5 Å². The van der Waals surface area contributed by atoms with E-state index in [-0.39, 0.29) is 38.4 Å². The molecule has 0 N–H and O–H groups in total. The fraction of sp³-hybridized carbons (Fsp3) is 0.333. The summed E-state index contributed by atoms with van der Waals surface area (Å²) in [6.07, 6.45) is 0. The van der Waals surface area contributed by atoms with Crippen LogP contribution in [-0.4, -0.2) is 36.7 Å².